The molecule has 0 spiro atoms. The van der Waals surface area contributed by atoms with Crippen LogP contribution in [0.15, 0.2) is 36.8 Å². The SMILES string of the molecule is COCCNC(=O)C1CN(CCOc2ccc(Cl)cc2)Cc2cncn21. The smallest absolute Gasteiger partial charge is 0.244 e. The van der Waals surface area contributed by atoms with Crippen molar-refractivity contribution in [3.63, 3.8) is 0 Å². The highest BCUT2D eigenvalue weighted by atomic mass is 35.5. The molecule has 3 rings (SSSR count). The average molecular weight is 379 g/mol. The molecule has 1 aromatic heterocycles. The Morgan fingerprint density at radius 3 is 2.92 bits per heavy atom. The van der Waals surface area contributed by atoms with Gasteiger partial charge in [-0.05, 0) is 24.3 Å². The van der Waals surface area contributed by atoms with E-state index in [1.807, 2.05) is 22.9 Å². The van der Waals surface area contributed by atoms with Crippen molar-refractivity contribution in [2.45, 2.75) is 12.6 Å². The number of amides is 1. The van der Waals surface area contributed by atoms with Crippen LogP contribution in [0.4, 0.5) is 0 Å². The summed E-state index contributed by atoms with van der Waals surface area (Å²) in [6.07, 6.45) is 3.53. The van der Waals surface area contributed by atoms with Gasteiger partial charge in [-0.3, -0.25) is 9.69 Å². The largest absolute Gasteiger partial charge is 0.492 e. The van der Waals surface area contributed by atoms with Gasteiger partial charge >= 0.3 is 0 Å². The number of carbonyl (C=O) groups is 1. The number of rotatable bonds is 8. The summed E-state index contributed by atoms with van der Waals surface area (Å²) < 4.78 is 12.7. The van der Waals surface area contributed by atoms with Gasteiger partial charge in [0.25, 0.3) is 0 Å². The molecule has 0 saturated heterocycles. The number of hydrogen-bond acceptors (Lipinski definition) is 5. The molecular weight excluding hydrogens is 356 g/mol. The van der Waals surface area contributed by atoms with Gasteiger partial charge in [0.2, 0.25) is 5.91 Å². The van der Waals surface area contributed by atoms with E-state index in [2.05, 4.69) is 15.2 Å². The van der Waals surface area contributed by atoms with Crippen LogP contribution in [-0.2, 0) is 16.1 Å². The van der Waals surface area contributed by atoms with Gasteiger partial charge in [-0.15, -0.1) is 0 Å². The predicted molar refractivity (Wildman–Crippen MR) is 98.4 cm³/mol. The van der Waals surface area contributed by atoms with E-state index in [1.54, 1.807) is 25.6 Å². The average Bonchev–Trinajstić information content (AvgIpc) is 3.11. The first kappa shape index (κ1) is 18.7. The van der Waals surface area contributed by atoms with Crippen LogP contribution in [0.2, 0.25) is 5.02 Å². The van der Waals surface area contributed by atoms with Crippen molar-refractivity contribution in [3.8, 4) is 5.75 Å². The van der Waals surface area contributed by atoms with Crippen LogP contribution in [0, 0.1) is 0 Å². The summed E-state index contributed by atoms with van der Waals surface area (Å²) in [5.74, 6) is 0.759. The third-order valence-corrected chi connectivity index (χ3v) is 4.55. The van der Waals surface area contributed by atoms with Gasteiger partial charge in [0.05, 0.1) is 18.6 Å². The third-order valence-electron chi connectivity index (χ3n) is 4.30. The molecule has 26 heavy (non-hydrogen) atoms. The topological polar surface area (TPSA) is 68.6 Å². The highest BCUT2D eigenvalue weighted by Gasteiger charge is 2.29. The van der Waals surface area contributed by atoms with E-state index >= 15 is 0 Å². The van der Waals surface area contributed by atoms with Gasteiger partial charge < -0.3 is 19.4 Å². The Balaban J connectivity index is 1.56. The minimum absolute atomic E-state index is 0.0235. The van der Waals surface area contributed by atoms with Crippen molar-refractivity contribution in [2.24, 2.45) is 0 Å². The third kappa shape index (κ3) is 4.75. The Bertz CT molecular complexity index is 719. The number of hydrogen-bond donors (Lipinski definition) is 1. The normalized spacial score (nSPS) is 16.9. The molecule has 140 valence electrons. The summed E-state index contributed by atoms with van der Waals surface area (Å²) in [7, 11) is 1.61. The fraction of sp³-hybridized carbons (Fsp3) is 0.444. The number of methoxy groups -OCH3 is 1. The second-order valence-electron chi connectivity index (χ2n) is 6.13. The summed E-state index contributed by atoms with van der Waals surface area (Å²) in [4.78, 5) is 18.9. The predicted octanol–water partition coefficient (Wildman–Crippen LogP) is 1.73. The van der Waals surface area contributed by atoms with Gasteiger partial charge in [-0.1, -0.05) is 11.6 Å². The molecular formula is C18H23ClN4O3. The molecule has 1 unspecified atom stereocenters. The molecule has 1 N–H and O–H groups in total. The fourth-order valence-corrected chi connectivity index (χ4v) is 3.08. The molecule has 7 nitrogen and oxygen atoms in total. The molecule has 0 saturated carbocycles. The highest BCUT2D eigenvalue weighted by molar-refractivity contribution is 6.30. The zero-order chi connectivity index (χ0) is 18.4. The summed E-state index contributed by atoms with van der Waals surface area (Å²) in [6, 6.07) is 7.00. The Labute approximate surface area is 157 Å². The van der Waals surface area contributed by atoms with E-state index in [1.165, 1.54) is 0 Å². The van der Waals surface area contributed by atoms with Gasteiger partial charge in [0.1, 0.15) is 18.4 Å². The summed E-state index contributed by atoms with van der Waals surface area (Å²) in [6.45, 7) is 3.60. The van der Waals surface area contributed by atoms with Crippen molar-refractivity contribution in [2.75, 3.05) is 40.0 Å². The monoisotopic (exact) mass is 378 g/mol. The standard InChI is InChI=1S/C18H23ClN4O3/c1-25-8-6-21-18(24)17-12-22(11-15-10-20-13-23(15)17)7-9-26-16-4-2-14(19)3-5-16/h2-5,10,13,17H,6-9,11-12H2,1H3,(H,21,24). The van der Waals surface area contributed by atoms with E-state index in [-0.39, 0.29) is 11.9 Å². The number of imidazole rings is 1. The molecule has 0 fully saturated rings. The molecule has 8 heteroatoms. The fourth-order valence-electron chi connectivity index (χ4n) is 2.96. The molecule has 0 radical (unpaired) electrons. The molecule has 2 heterocycles. The van der Waals surface area contributed by atoms with Crippen LogP contribution < -0.4 is 10.1 Å². The number of nitrogens with one attached hydrogen (secondary N) is 1. The molecule has 1 aliphatic heterocycles. The van der Waals surface area contributed by atoms with Crippen LogP contribution in [0.1, 0.15) is 11.7 Å². The van der Waals surface area contributed by atoms with Crippen molar-refractivity contribution in [1.82, 2.24) is 19.8 Å². The molecule has 0 aliphatic carbocycles. The Kier molecular flexibility index (Phi) is 6.49. The number of halogens is 1. The summed E-state index contributed by atoms with van der Waals surface area (Å²) in [5.41, 5.74) is 1.02. The molecule has 1 aromatic carbocycles. The number of fused-ring (bicyclic) bond motifs is 1. The summed E-state index contributed by atoms with van der Waals surface area (Å²) >= 11 is 5.88. The number of benzene rings is 1. The van der Waals surface area contributed by atoms with E-state index in [0.29, 0.717) is 31.3 Å². The highest BCUT2D eigenvalue weighted by Crippen LogP contribution is 2.21. The van der Waals surface area contributed by atoms with Gasteiger partial charge in [0, 0.05) is 44.5 Å². The zero-order valence-corrected chi connectivity index (χ0v) is 15.5. The first-order chi connectivity index (χ1) is 12.7. The zero-order valence-electron chi connectivity index (χ0n) is 14.7. The van der Waals surface area contributed by atoms with E-state index in [4.69, 9.17) is 21.1 Å². The Hall–Kier alpha value is -2.09. The first-order valence-electron chi connectivity index (χ1n) is 8.55. The lowest BCUT2D eigenvalue weighted by Crippen LogP contribution is -2.45. The second-order valence-corrected chi connectivity index (χ2v) is 6.57. The summed E-state index contributed by atoms with van der Waals surface area (Å²) in [5, 5.41) is 3.59. The van der Waals surface area contributed by atoms with Gasteiger partial charge in [-0.25, -0.2) is 4.98 Å². The number of aromatic nitrogens is 2. The van der Waals surface area contributed by atoms with E-state index < -0.39 is 0 Å². The molecule has 1 amide bonds. The van der Waals surface area contributed by atoms with Crippen LogP contribution in [-0.4, -0.2) is 60.3 Å². The Morgan fingerprint density at radius 2 is 2.15 bits per heavy atom. The number of nitrogens with zero attached hydrogens (tertiary/aromatic N) is 3. The van der Waals surface area contributed by atoms with Gasteiger partial charge in [0.15, 0.2) is 0 Å². The maximum absolute atomic E-state index is 12.5. The first-order valence-corrected chi connectivity index (χ1v) is 8.93. The number of ether oxygens (including phenoxy) is 2. The quantitative estimate of drug-likeness (QED) is 0.708. The van der Waals surface area contributed by atoms with E-state index in [0.717, 1.165) is 24.5 Å². The van der Waals surface area contributed by atoms with Crippen molar-refractivity contribution in [3.05, 3.63) is 47.5 Å². The van der Waals surface area contributed by atoms with Crippen LogP contribution >= 0.6 is 11.6 Å². The maximum atomic E-state index is 12.5. The van der Waals surface area contributed by atoms with Gasteiger partial charge in [-0.2, -0.15) is 0 Å². The lowest BCUT2D eigenvalue weighted by molar-refractivity contribution is -0.125. The van der Waals surface area contributed by atoms with Crippen LogP contribution in [0.3, 0.4) is 0 Å². The molecule has 2 aromatic rings. The van der Waals surface area contributed by atoms with Crippen molar-refractivity contribution < 1.29 is 14.3 Å². The minimum Gasteiger partial charge on any atom is -0.492 e. The lowest BCUT2D eigenvalue weighted by atomic mass is 10.1. The maximum Gasteiger partial charge on any atom is 0.244 e. The van der Waals surface area contributed by atoms with Crippen molar-refractivity contribution in [1.29, 1.82) is 0 Å². The second kappa shape index (κ2) is 9.02. The van der Waals surface area contributed by atoms with Crippen molar-refractivity contribution >= 4 is 17.5 Å². The molecule has 0 bridgehead atoms. The van der Waals surface area contributed by atoms with E-state index in [9.17, 15) is 4.79 Å². The van der Waals surface area contributed by atoms with Crippen LogP contribution in [0.25, 0.3) is 0 Å². The molecule has 1 atom stereocenters. The number of carbonyl (C=O) groups excluding carboxylic acids is 1. The Morgan fingerprint density at radius 1 is 1.35 bits per heavy atom. The van der Waals surface area contributed by atoms with Crippen LogP contribution in [0.5, 0.6) is 5.75 Å². The molecule has 1 aliphatic rings. The minimum atomic E-state index is -0.298. The lowest BCUT2D eigenvalue weighted by Gasteiger charge is -2.33.